The summed E-state index contributed by atoms with van der Waals surface area (Å²) in [7, 11) is 0. The molecule has 14 heavy (non-hydrogen) atoms. The Hall–Kier alpha value is -0.570. The Morgan fingerprint density at radius 1 is 1.50 bits per heavy atom. The van der Waals surface area contributed by atoms with Gasteiger partial charge in [-0.05, 0) is 37.6 Å². The molecule has 3 unspecified atom stereocenters. The first-order valence-corrected chi connectivity index (χ1v) is 5.50. The maximum atomic E-state index is 11.3. The standard InChI is InChI=1S/C11H21NO2/c1-4-12-11(10(13)14)6-5-8(2)9(3)7-11/h8-9,12H,4-7H2,1-3H3,(H,13,14). The van der Waals surface area contributed by atoms with Crippen molar-refractivity contribution < 1.29 is 9.90 Å². The van der Waals surface area contributed by atoms with E-state index in [2.05, 4.69) is 19.2 Å². The summed E-state index contributed by atoms with van der Waals surface area (Å²) in [5, 5.41) is 12.4. The average Bonchev–Trinajstić information content (AvgIpc) is 2.12. The summed E-state index contributed by atoms with van der Waals surface area (Å²) >= 11 is 0. The van der Waals surface area contributed by atoms with Gasteiger partial charge in [0.2, 0.25) is 0 Å². The highest BCUT2D eigenvalue weighted by molar-refractivity contribution is 5.79. The number of carboxylic acids is 1. The summed E-state index contributed by atoms with van der Waals surface area (Å²) in [4.78, 5) is 11.3. The van der Waals surface area contributed by atoms with Crippen LogP contribution in [0.25, 0.3) is 0 Å². The van der Waals surface area contributed by atoms with Crippen molar-refractivity contribution in [3.63, 3.8) is 0 Å². The van der Waals surface area contributed by atoms with E-state index in [0.717, 1.165) is 25.8 Å². The Balaban J connectivity index is 2.74. The summed E-state index contributed by atoms with van der Waals surface area (Å²) in [5.74, 6) is 0.470. The molecule has 1 rings (SSSR count). The second-order valence-corrected chi connectivity index (χ2v) is 4.61. The molecule has 3 nitrogen and oxygen atoms in total. The van der Waals surface area contributed by atoms with Crippen molar-refractivity contribution >= 4 is 5.97 Å². The minimum absolute atomic E-state index is 0.499. The Labute approximate surface area is 85.9 Å². The topological polar surface area (TPSA) is 49.3 Å². The van der Waals surface area contributed by atoms with Crippen molar-refractivity contribution in [2.45, 2.75) is 45.6 Å². The molecule has 0 spiro atoms. The van der Waals surface area contributed by atoms with E-state index in [9.17, 15) is 9.90 Å². The molecule has 0 radical (unpaired) electrons. The number of rotatable bonds is 3. The van der Waals surface area contributed by atoms with Gasteiger partial charge in [0.15, 0.2) is 0 Å². The molecule has 82 valence electrons. The third kappa shape index (κ3) is 2.08. The lowest BCUT2D eigenvalue weighted by atomic mass is 9.71. The Kier molecular flexibility index (Phi) is 3.53. The van der Waals surface area contributed by atoms with E-state index >= 15 is 0 Å². The van der Waals surface area contributed by atoms with Crippen LogP contribution in [0.3, 0.4) is 0 Å². The summed E-state index contributed by atoms with van der Waals surface area (Å²) in [6.07, 6.45) is 2.54. The molecule has 0 bridgehead atoms. The van der Waals surface area contributed by atoms with E-state index in [0.29, 0.717) is 11.8 Å². The SMILES string of the molecule is CCNC1(C(=O)O)CCC(C)C(C)C1. The van der Waals surface area contributed by atoms with Gasteiger partial charge < -0.3 is 10.4 Å². The zero-order valence-corrected chi connectivity index (χ0v) is 9.34. The Bertz CT molecular complexity index is 217. The number of carbonyl (C=O) groups is 1. The highest BCUT2D eigenvalue weighted by Gasteiger charge is 2.43. The van der Waals surface area contributed by atoms with Crippen LogP contribution in [0.5, 0.6) is 0 Å². The highest BCUT2D eigenvalue weighted by atomic mass is 16.4. The number of likely N-dealkylation sites (N-methyl/N-ethyl adjacent to an activating group) is 1. The van der Waals surface area contributed by atoms with Crippen LogP contribution in [0, 0.1) is 11.8 Å². The largest absolute Gasteiger partial charge is 0.480 e. The lowest BCUT2D eigenvalue weighted by Crippen LogP contribution is -2.55. The first-order chi connectivity index (χ1) is 6.52. The quantitative estimate of drug-likeness (QED) is 0.729. The molecule has 0 saturated heterocycles. The predicted octanol–water partition coefficient (Wildman–Crippen LogP) is 1.88. The normalized spacial score (nSPS) is 38.2. The molecule has 1 aliphatic carbocycles. The number of hydrogen-bond donors (Lipinski definition) is 2. The van der Waals surface area contributed by atoms with Gasteiger partial charge in [-0.15, -0.1) is 0 Å². The van der Waals surface area contributed by atoms with E-state index in [1.807, 2.05) is 6.92 Å². The van der Waals surface area contributed by atoms with Crippen molar-refractivity contribution in [3.05, 3.63) is 0 Å². The minimum atomic E-state index is -0.682. The molecule has 0 aromatic carbocycles. The molecule has 1 saturated carbocycles. The van der Waals surface area contributed by atoms with Crippen LogP contribution in [0.1, 0.15) is 40.0 Å². The van der Waals surface area contributed by atoms with Gasteiger partial charge in [-0.1, -0.05) is 20.8 Å². The third-order valence-electron chi connectivity index (χ3n) is 3.59. The molecular weight excluding hydrogens is 178 g/mol. The van der Waals surface area contributed by atoms with Gasteiger partial charge in [0, 0.05) is 0 Å². The lowest BCUT2D eigenvalue weighted by Gasteiger charge is -2.40. The smallest absolute Gasteiger partial charge is 0.323 e. The van der Waals surface area contributed by atoms with E-state index < -0.39 is 11.5 Å². The maximum absolute atomic E-state index is 11.3. The summed E-state index contributed by atoms with van der Waals surface area (Å²) in [6, 6.07) is 0. The molecule has 1 fully saturated rings. The fourth-order valence-electron chi connectivity index (χ4n) is 2.38. The van der Waals surface area contributed by atoms with E-state index in [4.69, 9.17) is 0 Å². The first-order valence-electron chi connectivity index (χ1n) is 5.50. The highest BCUT2D eigenvalue weighted by Crippen LogP contribution is 2.36. The van der Waals surface area contributed by atoms with E-state index in [1.165, 1.54) is 0 Å². The molecule has 3 atom stereocenters. The number of hydrogen-bond acceptors (Lipinski definition) is 2. The number of nitrogens with one attached hydrogen (secondary N) is 1. The van der Waals surface area contributed by atoms with Crippen LogP contribution in [0.4, 0.5) is 0 Å². The average molecular weight is 199 g/mol. The Morgan fingerprint density at radius 2 is 2.14 bits per heavy atom. The van der Waals surface area contributed by atoms with E-state index in [-0.39, 0.29) is 0 Å². The van der Waals surface area contributed by atoms with Crippen molar-refractivity contribution in [2.24, 2.45) is 11.8 Å². The van der Waals surface area contributed by atoms with Crippen LogP contribution in [0.15, 0.2) is 0 Å². The molecule has 0 aliphatic heterocycles. The second kappa shape index (κ2) is 4.30. The molecule has 0 heterocycles. The first kappa shape index (κ1) is 11.5. The van der Waals surface area contributed by atoms with Crippen molar-refractivity contribution in [2.75, 3.05) is 6.54 Å². The van der Waals surface area contributed by atoms with Crippen LogP contribution < -0.4 is 5.32 Å². The molecule has 1 aliphatic rings. The molecule has 3 heteroatoms. The molecule has 0 aromatic rings. The minimum Gasteiger partial charge on any atom is -0.480 e. The fourth-order valence-corrected chi connectivity index (χ4v) is 2.38. The van der Waals surface area contributed by atoms with Gasteiger partial charge in [0.25, 0.3) is 0 Å². The number of carboxylic acid groups (broad SMARTS) is 1. The molecule has 0 aromatic heterocycles. The second-order valence-electron chi connectivity index (χ2n) is 4.61. The summed E-state index contributed by atoms with van der Waals surface area (Å²) in [5.41, 5.74) is -0.652. The van der Waals surface area contributed by atoms with Crippen molar-refractivity contribution in [1.82, 2.24) is 5.32 Å². The molecule has 2 N–H and O–H groups in total. The van der Waals surface area contributed by atoms with Gasteiger partial charge in [-0.3, -0.25) is 4.79 Å². The van der Waals surface area contributed by atoms with Crippen molar-refractivity contribution in [1.29, 1.82) is 0 Å². The Morgan fingerprint density at radius 3 is 2.57 bits per heavy atom. The van der Waals surface area contributed by atoms with Crippen LogP contribution in [0.2, 0.25) is 0 Å². The summed E-state index contributed by atoms with van der Waals surface area (Å²) < 4.78 is 0. The van der Waals surface area contributed by atoms with Gasteiger partial charge >= 0.3 is 5.97 Å². The fraction of sp³-hybridized carbons (Fsp3) is 0.909. The lowest BCUT2D eigenvalue weighted by molar-refractivity contribution is -0.147. The van der Waals surface area contributed by atoms with Crippen LogP contribution in [-0.2, 0) is 4.79 Å². The van der Waals surface area contributed by atoms with Gasteiger partial charge in [0.05, 0.1) is 0 Å². The van der Waals surface area contributed by atoms with Crippen LogP contribution >= 0.6 is 0 Å². The van der Waals surface area contributed by atoms with Crippen LogP contribution in [-0.4, -0.2) is 23.2 Å². The maximum Gasteiger partial charge on any atom is 0.323 e. The predicted molar refractivity (Wildman–Crippen MR) is 56.2 cm³/mol. The zero-order valence-electron chi connectivity index (χ0n) is 9.34. The monoisotopic (exact) mass is 199 g/mol. The van der Waals surface area contributed by atoms with Gasteiger partial charge in [-0.25, -0.2) is 0 Å². The molecule has 0 amide bonds. The third-order valence-corrected chi connectivity index (χ3v) is 3.59. The van der Waals surface area contributed by atoms with E-state index in [1.54, 1.807) is 0 Å². The summed E-state index contributed by atoms with van der Waals surface area (Å²) in [6.45, 7) is 7.06. The molecular formula is C11H21NO2. The zero-order chi connectivity index (χ0) is 10.8. The van der Waals surface area contributed by atoms with Crippen molar-refractivity contribution in [3.8, 4) is 0 Å². The van der Waals surface area contributed by atoms with Gasteiger partial charge in [-0.2, -0.15) is 0 Å². The number of aliphatic carboxylic acids is 1. The van der Waals surface area contributed by atoms with Gasteiger partial charge in [0.1, 0.15) is 5.54 Å².